The third-order valence-electron chi connectivity index (χ3n) is 5.03. The van der Waals surface area contributed by atoms with Crippen LogP contribution in [0.15, 0.2) is 42.7 Å². The maximum atomic E-state index is 12.4. The lowest BCUT2D eigenvalue weighted by Crippen LogP contribution is -2.52. The Morgan fingerprint density at radius 1 is 1.03 bits per heavy atom. The van der Waals surface area contributed by atoms with Crippen molar-refractivity contribution in [3.63, 3.8) is 0 Å². The molecule has 2 aliphatic rings. The van der Waals surface area contributed by atoms with E-state index in [1.165, 1.54) is 6.20 Å². The van der Waals surface area contributed by atoms with E-state index in [0.29, 0.717) is 51.4 Å². The van der Waals surface area contributed by atoms with Crippen LogP contribution < -0.4 is 14.9 Å². The molecule has 1 saturated heterocycles. The van der Waals surface area contributed by atoms with Crippen molar-refractivity contribution in [3.05, 3.63) is 48.3 Å². The summed E-state index contributed by atoms with van der Waals surface area (Å²) < 4.78 is 27.1. The van der Waals surface area contributed by atoms with Gasteiger partial charge in [-0.2, -0.15) is 0 Å². The number of amides is 2. The summed E-state index contributed by atoms with van der Waals surface area (Å²) in [5.74, 6) is 0.752. The van der Waals surface area contributed by atoms with E-state index in [1.54, 1.807) is 11.1 Å². The molecule has 1 aliphatic carbocycles. The first kappa shape index (κ1) is 19.4. The first-order chi connectivity index (χ1) is 14.0. The SMILES string of the molecule is O=C(NCc1ccccc1)N1CCN(c2nccnc2NS(=O)(=O)C2CC2)CC1. The summed E-state index contributed by atoms with van der Waals surface area (Å²) in [5, 5.41) is 2.60. The lowest BCUT2D eigenvalue weighted by Gasteiger charge is -2.35. The normalized spacial score (nSPS) is 17.1. The Labute approximate surface area is 170 Å². The maximum Gasteiger partial charge on any atom is 0.317 e. The van der Waals surface area contributed by atoms with Crippen molar-refractivity contribution in [2.45, 2.75) is 24.6 Å². The number of sulfonamides is 1. The molecular formula is C19H24N6O3S. The molecule has 0 unspecified atom stereocenters. The number of carbonyl (C=O) groups excluding carboxylic acids is 1. The van der Waals surface area contributed by atoms with Crippen LogP contribution in [0, 0.1) is 0 Å². The van der Waals surface area contributed by atoms with Gasteiger partial charge in [-0.3, -0.25) is 4.72 Å². The molecule has 0 radical (unpaired) electrons. The summed E-state index contributed by atoms with van der Waals surface area (Å²) >= 11 is 0. The Kier molecular flexibility index (Phi) is 5.52. The standard InChI is InChI=1S/C19H24N6O3S/c26-19(22-14-15-4-2-1-3-5-15)25-12-10-24(11-13-25)18-17(20-8-9-21-18)23-29(27,28)16-6-7-16/h1-5,8-9,16H,6-7,10-14H2,(H,20,23)(H,22,26). The highest BCUT2D eigenvalue weighted by atomic mass is 32.2. The van der Waals surface area contributed by atoms with Gasteiger partial charge in [-0.25, -0.2) is 23.2 Å². The molecule has 2 aromatic rings. The van der Waals surface area contributed by atoms with Crippen LogP contribution in [0.25, 0.3) is 0 Å². The van der Waals surface area contributed by atoms with Gasteiger partial charge in [-0.05, 0) is 18.4 Å². The van der Waals surface area contributed by atoms with E-state index in [-0.39, 0.29) is 17.1 Å². The first-order valence-electron chi connectivity index (χ1n) is 9.67. The molecule has 0 bridgehead atoms. The van der Waals surface area contributed by atoms with Crippen LogP contribution >= 0.6 is 0 Å². The van der Waals surface area contributed by atoms with E-state index in [0.717, 1.165) is 5.56 Å². The summed E-state index contributed by atoms with van der Waals surface area (Å²) in [6, 6.07) is 9.65. The number of hydrogen-bond donors (Lipinski definition) is 2. The molecule has 1 aromatic heterocycles. The molecule has 2 fully saturated rings. The van der Waals surface area contributed by atoms with Crippen molar-refractivity contribution in [2.75, 3.05) is 35.8 Å². The smallest absolute Gasteiger partial charge is 0.317 e. The highest BCUT2D eigenvalue weighted by molar-refractivity contribution is 7.93. The van der Waals surface area contributed by atoms with Crippen molar-refractivity contribution in [1.82, 2.24) is 20.2 Å². The summed E-state index contributed by atoms with van der Waals surface area (Å²) in [7, 11) is -3.41. The second-order valence-electron chi connectivity index (χ2n) is 7.19. The molecule has 9 nitrogen and oxygen atoms in total. The fraction of sp³-hybridized carbons (Fsp3) is 0.421. The summed E-state index contributed by atoms with van der Waals surface area (Å²) in [6.45, 7) is 2.63. The predicted octanol–water partition coefficient (Wildman–Crippen LogP) is 1.41. The number of nitrogens with zero attached hydrogens (tertiary/aromatic N) is 4. The quantitative estimate of drug-likeness (QED) is 0.737. The van der Waals surface area contributed by atoms with E-state index >= 15 is 0 Å². The van der Waals surface area contributed by atoms with Gasteiger partial charge in [0.05, 0.1) is 5.25 Å². The van der Waals surface area contributed by atoms with E-state index in [9.17, 15) is 13.2 Å². The van der Waals surface area contributed by atoms with Gasteiger partial charge in [-0.1, -0.05) is 30.3 Å². The number of benzene rings is 1. The average Bonchev–Trinajstić information content (AvgIpc) is 3.59. The zero-order chi connectivity index (χ0) is 20.3. The highest BCUT2D eigenvalue weighted by Crippen LogP contribution is 2.31. The Morgan fingerprint density at radius 3 is 2.41 bits per heavy atom. The average molecular weight is 417 g/mol. The van der Waals surface area contributed by atoms with Crippen molar-refractivity contribution in [2.24, 2.45) is 0 Å². The van der Waals surface area contributed by atoms with Crippen molar-refractivity contribution in [1.29, 1.82) is 0 Å². The van der Waals surface area contributed by atoms with Crippen LogP contribution in [0.2, 0.25) is 0 Å². The zero-order valence-electron chi connectivity index (χ0n) is 16.0. The van der Waals surface area contributed by atoms with Crippen LogP contribution in [-0.4, -0.2) is 60.7 Å². The van der Waals surface area contributed by atoms with Crippen molar-refractivity contribution in [3.8, 4) is 0 Å². The van der Waals surface area contributed by atoms with Gasteiger partial charge >= 0.3 is 6.03 Å². The maximum absolute atomic E-state index is 12.4. The Bertz CT molecular complexity index is 957. The molecular weight excluding hydrogens is 392 g/mol. The number of urea groups is 1. The minimum Gasteiger partial charge on any atom is -0.350 e. The van der Waals surface area contributed by atoms with E-state index in [2.05, 4.69) is 20.0 Å². The third kappa shape index (κ3) is 4.76. The summed E-state index contributed by atoms with van der Waals surface area (Å²) in [6.07, 6.45) is 4.38. The van der Waals surface area contributed by atoms with Crippen molar-refractivity contribution >= 4 is 27.7 Å². The second kappa shape index (κ2) is 8.24. The minimum absolute atomic E-state index is 0.109. The van der Waals surface area contributed by atoms with E-state index in [1.807, 2.05) is 35.2 Å². The molecule has 2 heterocycles. The van der Waals surface area contributed by atoms with Crippen LogP contribution in [0.1, 0.15) is 18.4 Å². The molecule has 2 N–H and O–H groups in total. The van der Waals surface area contributed by atoms with Gasteiger partial charge in [0, 0.05) is 45.1 Å². The van der Waals surface area contributed by atoms with Crippen LogP contribution in [0.4, 0.5) is 16.4 Å². The molecule has 1 aliphatic heterocycles. The molecule has 0 atom stereocenters. The topological polar surface area (TPSA) is 108 Å². The number of anilines is 2. The van der Waals surface area contributed by atoms with Gasteiger partial charge in [0.15, 0.2) is 11.6 Å². The fourth-order valence-electron chi connectivity index (χ4n) is 3.24. The van der Waals surface area contributed by atoms with E-state index < -0.39 is 10.0 Å². The van der Waals surface area contributed by atoms with Gasteiger partial charge in [0.25, 0.3) is 0 Å². The van der Waals surface area contributed by atoms with Crippen molar-refractivity contribution < 1.29 is 13.2 Å². The van der Waals surface area contributed by atoms with Crippen LogP contribution in [-0.2, 0) is 16.6 Å². The van der Waals surface area contributed by atoms with Gasteiger partial charge < -0.3 is 15.1 Å². The molecule has 0 spiro atoms. The summed E-state index contributed by atoms with van der Waals surface area (Å²) in [5.41, 5.74) is 1.05. The molecule has 29 heavy (non-hydrogen) atoms. The van der Waals surface area contributed by atoms with Gasteiger partial charge in [-0.15, -0.1) is 0 Å². The molecule has 154 valence electrons. The summed E-state index contributed by atoms with van der Waals surface area (Å²) in [4.78, 5) is 24.6. The molecule has 1 aromatic carbocycles. The number of piperazine rings is 1. The highest BCUT2D eigenvalue weighted by Gasteiger charge is 2.37. The van der Waals surface area contributed by atoms with Crippen LogP contribution in [0.5, 0.6) is 0 Å². The molecule has 10 heteroatoms. The lowest BCUT2D eigenvalue weighted by atomic mass is 10.2. The van der Waals surface area contributed by atoms with Crippen LogP contribution in [0.3, 0.4) is 0 Å². The van der Waals surface area contributed by atoms with E-state index in [4.69, 9.17) is 0 Å². The lowest BCUT2D eigenvalue weighted by molar-refractivity contribution is 0.194. The Morgan fingerprint density at radius 2 is 1.72 bits per heavy atom. The predicted molar refractivity (Wildman–Crippen MR) is 110 cm³/mol. The number of carbonyl (C=O) groups is 1. The Hall–Kier alpha value is -2.88. The first-order valence-corrected chi connectivity index (χ1v) is 11.2. The molecule has 1 saturated carbocycles. The Balaban J connectivity index is 1.34. The van der Waals surface area contributed by atoms with Gasteiger partial charge in [0.2, 0.25) is 10.0 Å². The zero-order valence-corrected chi connectivity index (χ0v) is 16.8. The van der Waals surface area contributed by atoms with Gasteiger partial charge in [0.1, 0.15) is 0 Å². The third-order valence-corrected chi connectivity index (χ3v) is 6.86. The minimum atomic E-state index is -3.41. The largest absolute Gasteiger partial charge is 0.350 e. The molecule has 4 rings (SSSR count). The fourth-order valence-corrected chi connectivity index (χ4v) is 4.57. The second-order valence-corrected chi connectivity index (χ2v) is 9.15. The number of hydrogen-bond acceptors (Lipinski definition) is 6. The number of nitrogens with one attached hydrogen (secondary N) is 2. The molecule has 2 amide bonds. The number of aromatic nitrogens is 2. The monoisotopic (exact) mass is 416 g/mol. The number of rotatable bonds is 6.